The van der Waals surface area contributed by atoms with E-state index >= 15 is 0 Å². The van der Waals surface area contributed by atoms with Crippen molar-refractivity contribution < 1.29 is 34.1 Å². The molecule has 1 unspecified atom stereocenters. The Morgan fingerprint density at radius 2 is 1.86 bits per heavy atom. The number of thioether (sulfide) groups is 1. The van der Waals surface area contributed by atoms with Crippen LogP contribution in [0, 0.1) is 0 Å². The number of likely N-dealkylation sites (N-methyl/N-ethyl adjacent to an activating group) is 1. The first-order chi connectivity index (χ1) is 16.7. The van der Waals surface area contributed by atoms with E-state index in [-0.39, 0.29) is 23.8 Å². The number of carbonyl (C=O) groups excluding carboxylic acids is 3. The maximum Gasteiger partial charge on any atom is 0.410 e. The SMILES string of the molecule is CN1CCN(C(=O)OCC2=C(C(=O)O)N3C(=O)C(NC(=O)[C@H](N)c4ccc(O)cc4)[C@H]3SC2)CC1. The number of nitrogens with one attached hydrogen (secondary N) is 1. The van der Waals surface area contributed by atoms with Gasteiger partial charge in [0.15, 0.2) is 0 Å². The molecule has 12 nitrogen and oxygen atoms in total. The van der Waals surface area contributed by atoms with Crippen molar-refractivity contribution in [1.29, 1.82) is 0 Å². The Hall–Kier alpha value is -3.29. The number of β-lactam (4-membered cyclic amide) rings is 1. The number of ether oxygens (including phenoxy) is 1. The number of carboxylic acids is 1. The summed E-state index contributed by atoms with van der Waals surface area (Å²) >= 11 is 1.28. The summed E-state index contributed by atoms with van der Waals surface area (Å²) in [7, 11) is 1.96. The predicted molar refractivity (Wildman–Crippen MR) is 125 cm³/mol. The maximum atomic E-state index is 12.8. The smallest absolute Gasteiger partial charge is 0.410 e. The highest BCUT2D eigenvalue weighted by Gasteiger charge is 2.54. The van der Waals surface area contributed by atoms with Crippen molar-refractivity contribution in [3.63, 3.8) is 0 Å². The van der Waals surface area contributed by atoms with Gasteiger partial charge < -0.3 is 35.8 Å². The molecule has 3 amide bonds. The van der Waals surface area contributed by atoms with Gasteiger partial charge in [-0.3, -0.25) is 14.5 Å². The molecule has 2 saturated heterocycles. The Kier molecular flexibility index (Phi) is 7.19. The zero-order valence-corrected chi connectivity index (χ0v) is 19.9. The Morgan fingerprint density at radius 3 is 2.49 bits per heavy atom. The third-order valence-corrected chi connectivity index (χ3v) is 7.55. The highest BCUT2D eigenvalue weighted by atomic mass is 32.2. The number of amides is 3. The van der Waals surface area contributed by atoms with Crippen molar-refractivity contribution in [2.24, 2.45) is 5.73 Å². The molecule has 5 N–H and O–H groups in total. The van der Waals surface area contributed by atoms with Gasteiger partial charge in [0, 0.05) is 37.5 Å². The molecule has 35 heavy (non-hydrogen) atoms. The number of nitrogens with zero attached hydrogens (tertiary/aromatic N) is 3. The van der Waals surface area contributed by atoms with E-state index in [0.717, 1.165) is 18.0 Å². The molecule has 188 valence electrons. The molecule has 3 heterocycles. The first kappa shape index (κ1) is 24.8. The van der Waals surface area contributed by atoms with Gasteiger partial charge in [0.2, 0.25) is 5.91 Å². The third-order valence-electron chi connectivity index (χ3n) is 6.21. The summed E-state index contributed by atoms with van der Waals surface area (Å²) < 4.78 is 5.35. The molecule has 3 aliphatic rings. The van der Waals surface area contributed by atoms with Gasteiger partial charge in [-0.05, 0) is 24.7 Å². The molecular formula is C22H27N5O7S. The molecule has 0 radical (unpaired) electrons. The minimum absolute atomic E-state index is 0.0304. The fraction of sp³-hybridized carbons (Fsp3) is 0.455. The van der Waals surface area contributed by atoms with Gasteiger partial charge in [-0.15, -0.1) is 11.8 Å². The largest absolute Gasteiger partial charge is 0.508 e. The minimum atomic E-state index is -1.31. The van der Waals surface area contributed by atoms with Gasteiger partial charge in [-0.1, -0.05) is 12.1 Å². The van der Waals surface area contributed by atoms with Crippen molar-refractivity contribution in [1.82, 2.24) is 20.0 Å². The van der Waals surface area contributed by atoms with Crippen LogP contribution in [0.2, 0.25) is 0 Å². The Labute approximate surface area is 205 Å². The lowest BCUT2D eigenvalue weighted by molar-refractivity contribution is -0.151. The average Bonchev–Trinajstić information content (AvgIpc) is 2.85. The van der Waals surface area contributed by atoms with Crippen LogP contribution in [0.4, 0.5) is 4.79 Å². The monoisotopic (exact) mass is 505 g/mol. The number of benzene rings is 1. The number of rotatable bonds is 6. The van der Waals surface area contributed by atoms with E-state index in [1.807, 2.05) is 7.05 Å². The van der Waals surface area contributed by atoms with Crippen molar-refractivity contribution in [2.75, 3.05) is 45.6 Å². The molecule has 2 fully saturated rings. The maximum absolute atomic E-state index is 12.8. The van der Waals surface area contributed by atoms with E-state index in [1.54, 1.807) is 4.90 Å². The second-order valence-electron chi connectivity index (χ2n) is 8.57. The molecule has 4 rings (SSSR count). The van der Waals surface area contributed by atoms with Crippen molar-refractivity contribution in [2.45, 2.75) is 17.5 Å². The Balaban J connectivity index is 1.39. The molecular weight excluding hydrogens is 478 g/mol. The second kappa shape index (κ2) is 10.1. The average molecular weight is 506 g/mol. The number of aromatic hydroxyl groups is 1. The van der Waals surface area contributed by atoms with E-state index in [2.05, 4.69) is 10.2 Å². The van der Waals surface area contributed by atoms with Gasteiger partial charge in [-0.25, -0.2) is 9.59 Å². The van der Waals surface area contributed by atoms with E-state index in [0.29, 0.717) is 24.2 Å². The van der Waals surface area contributed by atoms with Crippen LogP contribution < -0.4 is 11.1 Å². The van der Waals surface area contributed by atoms with Gasteiger partial charge >= 0.3 is 12.1 Å². The zero-order chi connectivity index (χ0) is 25.3. The lowest BCUT2D eigenvalue weighted by Gasteiger charge is -2.49. The van der Waals surface area contributed by atoms with Crippen molar-refractivity contribution >= 4 is 35.6 Å². The van der Waals surface area contributed by atoms with Gasteiger partial charge in [-0.2, -0.15) is 0 Å². The second-order valence-corrected chi connectivity index (χ2v) is 9.67. The van der Waals surface area contributed by atoms with E-state index < -0.39 is 41.3 Å². The Morgan fingerprint density at radius 1 is 1.20 bits per heavy atom. The molecule has 1 aromatic carbocycles. The first-order valence-corrected chi connectivity index (χ1v) is 12.1. The van der Waals surface area contributed by atoms with Crippen LogP contribution >= 0.6 is 11.8 Å². The fourth-order valence-electron chi connectivity index (χ4n) is 4.10. The van der Waals surface area contributed by atoms with E-state index in [4.69, 9.17) is 10.5 Å². The lowest BCUT2D eigenvalue weighted by atomic mass is 10.0. The summed E-state index contributed by atoms with van der Waals surface area (Å²) in [4.78, 5) is 54.6. The normalized spacial score (nSPS) is 23.3. The molecule has 3 atom stereocenters. The van der Waals surface area contributed by atoms with Gasteiger partial charge in [0.1, 0.15) is 35.5 Å². The summed E-state index contributed by atoms with van der Waals surface area (Å²) in [5.41, 5.74) is 6.53. The first-order valence-electron chi connectivity index (χ1n) is 11.0. The van der Waals surface area contributed by atoms with Crippen LogP contribution in [-0.2, 0) is 19.1 Å². The van der Waals surface area contributed by atoms with Crippen LogP contribution in [0.1, 0.15) is 11.6 Å². The van der Waals surface area contributed by atoms with Crippen LogP contribution in [0.15, 0.2) is 35.5 Å². The standard InChI is InChI=1S/C22H27N5O7S/c1-25-6-8-26(9-7-25)22(33)34-10-13-11-35-20-16(19(30)27(20)17(13)21(31)32)24-18(29)15(23)12-2-4-14(28)5-3-12/h2-5,15-16,20,28H,6-11,23H2,1H3,(H,24,29)(H,31,32)/t15-,16?,20-/m1/s1. The molecule has 0 bridgehead atoms. The fourth-order valence-corrected chi connectivity index (χ4v) is 5.43. The number of hydrogen-bond donors (Lipinski definition) is 4. The number of phenolic OH excluding ortho intramolecular Hbond substituents is 1. The number of carboxylic acid groups (broad SMARTS) is 1. The number of piperazine rings is 1. The quantitative estimate of drug-likeness (QED) is 0.371. The van der Waals surface area contributed by atoms with Gasteiger partial charge in [0.05, 0.1) is 0 Å². The van der Waals surface area contributed by atoms with Crippen LogP contribution in [-0.4, -0.2) is 106 Å². The molecule has 3 aliphatic heterocycles. The molecule has 1 aromatic rings. The molecule has 13 heteroatoms. The van der Waals surface area contributed by atoms with Crippen molar-refractivity contribution in [3.05, 3.63) is 41.1 Å². The van der Waals surface area contributed by atoms with E-state index in [1.165, 1.54) is 36.0 Å². The third kappa shape index (κ3) is 5.06. The van der Waals surface area contributed by atoms with E-state index in [9.17, 15) is 29.4 Å². The highest BCUT2D eigenvalue weighted by molar-refractivity contribution is 8.00. The summed E-state index contributed by atoms with van der Waals surface area (Å²) in [6.45, 7) is 2.26. The number of fused-ring (bicyclic) bond motifs is 1. The Bertz CT molecular complexity index is 1050. The topological polar surface area (TPSA) is 166 Å². The molecule has 0 saturated carbocycles. The number of hydrogen-bond acceptors (Lipinski definition) is 9. The number of phenols is 1. The summed E-state index contributed by atoms with van der Waals surface area (Å²) in [5, 5.41) is 21.2. The minimum Gasteiger partial charge on any atom is -0.508 e. The number of aliphatic carboxylic acids is 1. The molecule has 0 aromatic heterocycles. The van der Waals surface area contributed by atoms with Gasteiger partial charge in [0.25, 0.3) is 5.91 Å². The molecule has 0 spiro atoms. The van der Waals surface area contributed by atoms with Crippen LogP contribution in [0.25, 0.3) is 0 Å². The summed E-state index contributed by atoms with van der Waals surface area (Å²) in [6.07, 6.45) is -0.522. The van der Waals surface area contributed by atoms with Crippen LogP contribution in [0.3, 0.4) is 0 Å². The number of nitrogens with two attached hydrogens (primary N) is 1. The van der Waals surface area contributed by atoms with Crippen molar-refractivity contribution in [3.8, 4) is 5.75 Å². The lowest BCUT2D eigenvalue weighted by Crippen LogP contribution is -2.71. The zero-order valence-electron chi connectivity index (χ0n) is 19.0. The summed E-state index contributed by atoms with van der Waals surface area (Å²) in [6, 6.07) is 3.81. The highest BCUT2D eigenvalue weighted by Crippen LogP contribution is 2.40. The predicted octanol–water partition coefficient (Wildman–Crippen LogP) is -0.485. The number of carbonyl (C=O) groups is 4. The van der Waals surface area contributed by atoms with Crippen LogP contribution in [0.5, 0.6) is 5.75 Å². The molecule has 0 aliphatic carbocycles. The summed E-state index contributed by atoms with van der Waals surface area (Å²) in [5.74, 6) is -2.22.